The summed E-state index contributed by atoms with van der Waals surface area (Å²) in [5.74, 6) is 0.852. The van der Waals surface area contributed by atoms with E-state index < -0.39 is 0 Å². The van der Waals surface area contributed by atoms with Crippen LogP contribution < -0.4 is 19.9 Å². The van der Waals surface area contributed by atoms with Crippen molar-refractivity contribution >= 4 is 23.4 Å². The van der Waals surface area contributed by atoms with E-state index in [1.807, 2.05) is 18.3 Å². The van der Waals surface area contributed by atoms with E-state index in [1.165, 1.54) is 22.6 Å². The summed E-state index contributed by atoms with van der Waals surface area (Å²) in [6.07, 6.45) is 3.70. The number of methoxy groups -OCH3 is 1. The summed E-state index contributed by atoms with van der Waals surface area (Å²) in [5.41, 5.74) is 8.31. The van der Waals surface area contributed by atoms with Gasteiger partial charge in [-0.3, -0.25) is 4.79 Å². The number of aromatic nitrogens is 2. The van der Waals surface area contributed by atoms with Gasteiger partial charge in [0, 0.05) is 62.1 Å². The smallest absolute Gasteiger partial charge is 0.207 e. The van der Waals surface area contributed by atoms with Crippen molar-refractivity contribution in [1.29, 1.82) is 0 Å². The third-order valence-electron chi connectivity index (χ3n) is 6.87. The Balaban J connectivity index is 0.000000195. The Morgan fingerprint density at radius 1 is 0.919 bits per heavy atom. The molecule has 5 rings (SSSR count). The van der Waals surface area contributed by atoms with Gasteiger partial charge in [0.25, 0.3) is 0 Å². The molecule has 37 heavy (non-hydrogen) atoms. The molecule has 1 amide bonds. The van der Waals surface area contributed by atoms with Gasteiger partial charge in [0.2, 0.25) is 6.41 Å². The van der Waals surface area contributed by atoms with Gasteiger partial charge in [-0.15, -0.1) is 0 Å². The molecule has 0 bridgehead atoms. The Bertz CT molecular complexity index is 1290. The highest BCUT2D eigenvalue weighted by Crippen LogP contribution is 2.21. The van der Waals surface area contributed by atoms with Crippen molar-refractivity contribution in [1.82, 2.24) is 14.7 Å². The normalized spacial score (nSPS) is 13.2. The van der Waals surface area contributed by atoms with E-state index in [2.05, 4.69) is 93.8 Å². The lowest BCUT2D eigenvalue weighted by atomic mass is 10.1. The van der Waals surface area contributed by atoms with Crippen LogP contribution in [0, 0.1) is 13.8 Å². The second-order valence-corrected chi connectivity index (χ2v) is 9.27. The third kappa shape index (κ3) is 6.42. The number of fused-ring (bicyclic) bond motifs is 1. The van der Waals surface area contributed by atoms with E-state index in [0.29, 0.717) is 6.54 Å². The Morgan fingerprint density at radius 3 is 2.05 bits per heavy atom. The number of carbonyl (C=O) groups excluding carboxylic acids is 1. The number of carbonyl (C=O) groups is 1. The molecule has 1 fully saturated rings. The van der Waals surface area contributed by atoms with E-state index in [1.54, 1.807) is 7.11 Å². The van der Waals surface area contributed by atoms with Crippen molar-refractivity contribution in [2.45, 2.75) is 33.7 Å². The van der Waals surface area contributed by atoms with Gasteiger partial charge < -0.3 is 24.3 Å². The van der Waals surface area contributed by atoms with E-state index in [0.717, 1.165) is 61.7 Å². The molecular weight excluding hydrogens is 462 g/mol. The zero-order valence-corrected chi connectivity index (χ0v) is 22.3. The molecule has 3 heterocycles. The number of ether oxygens (including phenoxy) is 1. The van der Waals surface area contributed by atoms with Crippen LogP contribution in [0.4, 0.5) is 11.4 Å². The van der Waals surface area contributed by atoms with Crippen LogP contribution in [-0.4, -0.2) is 49.1 Å². The fourth-order valence-corrected chi connectivity index (χ4v) is 4.62. The SMILES string of the molecule is CCc1nc2cc(OC)ccn2c1C.Cc1ccc(N2CCN(c3ccc(CNC=O)cc3)CC2)cc1. The fraction of sp³-hybridized carbons (Fsp3) is 0.333. The third-order valence-corrected chi connectivity index (χ3v) is 6.87. The first-order valence-corrected chi connectivity index (χ1v) is 12.9. The number of rotatable bonds is 7. The van der Waals surface area contributed by atoms with Crippen LogP contribution in [0.15, 0.2) is 66.9 Å². The zero-order chi connectivity index (χ0) is 26.2. The Kier molecular flexibility index (Phi) is 8.67. The number of pyridine rings is 1. The standard InChI is InChI=1S/C19H23N3O.C11H14N2O/c1-16-2-6-18(7-3-16)21-10-12-22(13-11-21)19-8-4-17(5-9-19)14-20-15-23;1-4-10-8(2)13-6-5-9(14-3)7-11(13)12-10/h2-9,15H,10-14H2,1H3,(H,20,23);5-7H,4H2,1-3H3. The summed E-state index contributed by atoms with van der Waals surface area (Å²) >= 11 is 0. The van der Waals surface area contributed by atoms with Crippen molar-refractivity contribution in [2.75, 3.05) is 43.1 Å². The molecule has 4 aromatic rings. The zero-order valence-electron chi connectivity index (χ0n) is 22.3. The largest absolute Gasteiger partial charge is 0.497 e. The second-order valence-electron chi connectivity index (χ2n) is 9.27. The van der Waals surface area contributed by atoms with E-state index in [-0.39, 0.29) is 0 Å². The number of piperazine rings is 1. The minimum atomic E-state index is 0.588. The highest BCUT2D eigenvalue weighted by atomic mass is 16.5. The van der Waals surface area contributed by atoms with E-state index in [9.17, 15) is 4.79 Å². The first-order valence-electron chi connectivity index (χ1n) is 12.9. The number of amides is 1. The molecule has 194 valence electrons. The summed E-state index contributed by atoms with van der Waals surface area (Å²) in [7, 11) is 1.67. The predicted octanol–water partition coefficient (Wildman–Crippen LogP) is 4.78. The summed E-state index contributed by atoms with van der Waals surface area (Å²) < 4.78 is 7.24. The molecule has 0 aliphatic carbocycles. The summed E-state index contributed by atoms with van der Waals surface area (Å²) in [6.45, 7) is 11.0. The highest BCUT2D eigenvalue weighted by molar-refractivity contribution is 5.53. The molecule has 2 aromatic heterocycles. The lowest BCUT2D eigenvalue weighted by molar-refractivity contribution is -0.109. The van der Waals surface area contributed by atoms with Crippen LogP contribution in [0.25, 0.3) is 5.65 Å². The number of imidazole rings is 1. The summed E-state index contributed by atoms with van der Waals surface area (Å²) in [6, 6.07) is 21.1. The lowest BCUT2D eigenvalue weighted by Gasteiger charge is -2.37. The molecule has 0 unspecified atom stereocenters. The minimum absolute atomic E-state index is 0.588. The maximum absolute atomic E-state index is 10.3. The molecule has 1 aliphatic rings. The van der Waals surface area contributed by atoms with Gasteiger partial charge in [-0.2, -0.15) is 0 Å². The molecule has 1 aliphatic heterocycles. The molecule has 1 N–H and O–H groups in total. The number of nitrogens with zero attached hydrogens (tertiary/aromatic N) is 4. The minimum Gasteiger partial charge on any atom is -0.497 e. The van der Waals surface area contributed by atoms with Gasteiger partial charge in [0.05, 0.1) is 12.8 Å². The van der Waals surface area contributed by atoms with Crippen LogP contribution in [0.2, 0.25) is 0 Å². The average molecular weight is 500 g/mol. The van der Waals surface area contributed by atoms with Crippen LogP contribution in [-0.2, 0) is 17.8 Å². The van der Waals surface area contributed by atoms with Gasteiger partial charge >= 0.3 is 0 Å². The number of nitrogens with one attached hydrogen (secondary N) is 1. The highest BCUT2D eigenvalue weighted by Gasteiger charge is 2.17. The van der Waals surface area contributed by atoms with Crippen LogP contribution >= 0.6 is 0 Å². The molecule has 7 heteroatoms. The van der Waals surface area contributed by atoms with Gasteiger partial charge in [-0.1, -0.05) is 36.8 Å². The van der Waals surface area contributed by atoms with Crippen LogP contribution in [0.3, 0.4) is 0 Å². The molecule has 0 atom stereocenters. The Labute approximate surface area is 219 Å². The van der Waals surface area contributed by atoms with Crippen molar-refractivity contribution in [3.05, 3.63) is 89.4 Å². The Morgan fingerprint density at radius 2 is 1.51 bits per heavy atom. The molecule has 0 radical (unpaired) electrons. The van der Waals surface area contributed by atoms with Gasteiger partial charge in [0.1, 0.15) is 11.4 Å². The monoisotopic (exact) mass is 499 g/mol. The number of hydrogen-bond acceptors (Lipinski definition) is 5. The first-order chi connectivity index (χ1) is 18.0. The molecule has 0 spiro atoms. The summed E-state index contributed by atoms with van der Waals surface area (Å²) in [4.78, 5) is 19.7. The van der Waals surface area contributed by atoms with E-state index >= 15 is 0 Å². The topological polar surface area (TPSA) is 62.1 Å². The van der Waals surface area contributed by atoms with Gasteiger partial charge in [-0.05, 0) is 56.2 Å². The van der Waals surface area contributed by atoms with Gasteiger partial charge in [-0.25, -0.2) is 4.98 Å². The molecule has 2 aromatic carbocycles. The predicted molar refractivity (Wildman–Crippen MR) is 151 cm³/mol. The van der Waals surface area contributed by atoms with Crippen LogP contribution in [0.5, 0.6) is 5.75 Å². The van der Waals surface area contributed by atoms with Crippen molar-refractivity contribution < 1.29 is 9.53 Å². The number of anilines is 2. The number of benzene rings is 2. The second kappa shape index (κ2) is 12.3. The van der Waals surface area contributed by atoms with Crippen LogP contribution in [0.1, 0.15) is 29.4 Å². The maximum Gasteiger partial charge on any atom is 0.207 e. The maximum atomic E-state index is 10.3. The quantitative estimate of drug-likeness (QED) is 0.371. The first kappa shape index (κ1) is 26.1. The van der Waals surface area contributed by atoms with Crippen molar-refractivity contribution in [2.24, 2.45) is 0 Å². The number of hydrogen-bond donors (Lipinski definition) is 1. The Hall–Kier alpha value is -4.00. The summed E-state index contributed by atoms with van der Waals surface area (Å²) in [5, 5.41) is 2.69. The van der Waals surface area contributed by atoms with E-state index in [4.69, 9.17) is 4.74 Å². The number of aryl methyl sites for hydroxylation is 3. The molecule has 7 nitrogen and oxygen atoms in total. The fourth-order valence-electron chi connectivity index (χ4n) is 4.62. The lowest BCUT2D eigenvalue weighted by Crippen LogP contribution is -2.46. The van der Waals surface area contributed by atoms with Crippen molar-refractivity contribution in [3.8, 4) is 5.75 Å². The molecule has 0 saturated carbocycles. The van der Waals surface area contributed by atoms with Gasteiger partial charge in [0.15, 0.2) is 0 Å². The average Bonchev–Trinajstić information content (AvgIpc) is 3.27. The van der Waals surface area contributed by atoms with Crippen molar-refractivity contribution in [3.63, 3.8) is 0 Å². The molecular formula is C30H37N5O2. The molecule has 1 saturated heterocycles.